The van der Waals surface area contributed by atoms with Gasteiger partial charge in [0.2, 0.25) is 0 Å². The van der Waals surface area contributed by atoms with Gasteiger partial charge in [0.25, 0.3) is 0 Å². The molecule has 0 saturated carbocycles. The Kier molecular flexibility index (Phi) is 4.95. The fourth-order valence-corrected chi connectivity index (χ4v) is 2.66. The number of rotatable bonds is 5. The zero-order valence-corrected chi connectivity index (χ0v) is 12.2. The molecule has 3 nitrogen and oxygen atoms in total. The van der Waals surface area contributed by atoms with Crippen LogP contribution < -0.4 is 5.32 Å². The molecule has 0 spiro atoms. The molecule has 0 aliphatic heterocycles. The molecular weight excluding hydrogens is 289 g/mol. The van der Waals surface area contributed by atoms with Crippen LogP contribution in [0.4, 0.5) is 0 Å². The van der Waals surface area contributed by atoms with Gasteiger partial charge in [-0.2, -0.15) is 0 Å². The van der Waals surface area contributed by atoms with Gasteiger partial charge in [0.05, 0.1) is 10.0 Å². The summed E-state index contributed by atoms with van der Waals surface area (Å²) in [5.41, 5.74) is 1.09. The number of hydrogen-bond donors (Lipinski definition) is 1. The minimum Gasteiger partial charge on any atom is -0.311 e. The molecule has 1 N–H and O–H groups in total. The van der Waals surface area contributed by atoms with Crippen LogP contribution in [0.15, 0.2) is 18.2 Å². The predicted molar refractivity (Wildman–Crippen MR) is 76.6 cm³/mol. The summed E-state index contributed by atoms with van der Waals surface area (Å²) >= 11 is 13.5. The molecule has 6 heteroatoms. The fraction of sp³-hybridized carbons (Fsp3) is 0.333. The van der Waals surface area contributed by atoms with Gasteiger partial charge in [-0.1, -0.05) is 47.5 Å². The van der Waals surface area contributed by atoms with E-state index in [2.05, 4.69) is 22.4 Å². The number of nitrogens with zero attached hydrogens (tertiary/aromatic N) is 2. The van der Waals surface area contributed by atoms with Gasteiger partial charge >= 0.3 is 0 Å². The van der Waals surface area contributed by atoms with Crippen molar-refractivity contribution in [2.75, 3.05) is 6.54 Å². The Labute approximate surface area is 120 Å². The Morgan fingerprint density at radius 2 is 1.94 bits per heavy atom. The van der Waals surface area contributed by atoms with Crippen molar-refractivity contribution in [1.29, 1.82) is 0 Å². The van der Waals surface area contributed by atoms with Gasteiger partial charge in [0.1, 0.15) is 10.0 Å². The van der Waals surface area contributed by atoms with Gasteiger partial charge in [-0.25, -0.2) is 0 Å². The molecule has 0 bridgehead atoms. The monoisotopic (exact) mass is 301 g/mol. The third-order valence-corrected chi connectivity index (χ3v) is 4.04. The molecule has 0 unspecified atom stereocenters. The van der Waals surface area contributed by atoms with E-state index >= 15 is 0 Å². The van der Waals surface area contributed by atoms with E-state index in [4.69, 9.17) is 23.2 Å². The normalized spacial score (nSPS) is 10.8. The summed E-state index contributed by atoms with van der Waals surface area (Å²) < 4.78 is 0. The van der Waals surface area contributed by atoms with Crippen LogP contribution >= 0.6 is 34.5 Å². The second-order valence-electron chi connectivity index (χ2n) is 3.80. The largest absolute Gasteiger partial charge is 0.311 e. The van der Waals surface area contributed by atoms with Crippen LogP contribution in [0.25, 0.3) is 0 Å². The Balaban J connectivity index is 2.04. The molecule has 0 amide bonds. The predicted octanol–water partition coefficient (Wildman–Crippen LogP) is 3.55. The first-order valence-corrected chi connectivity index (χ1v) is 7.22. The van der Waals surface area contributed by atoms with Crippen LogP contribution in [0.1, 0.15) is 22.5 Å². The van der Waals surface area contributed by atoms with Crippen molar-refractivity contribution in [1.82, 2.24) is 15.5 Å². The summed E-state index contributed by atoms with van der Waals surface area (Å²) in [6.07, 6.45) is 0.737. The Bertz CT molecular complexity index is 528. The van der Waals surface area contributed by atoms with Crippen LogP contribution in [-0.4, -0.2) is 16.7 Å². The first kappa shape index (κ1) is 13.7. The summed E-state index contributed by atoms with van der Waals surface area (Å²) in [6.45, 7) is 3.77. The maximum absolute atomic E-state index is 5.98. The van der Waals surface area contributed by atoms with Crippen molar-refractivity contribution in [2.24, 2.45) is 0 Å². The number of hydrogen-bond acceptors (Lipinski definition) is 4. The van der Waals surface area contributed by atoms with Crippen molar-refractivity contribution in [3.05, 3.63) is 43.8 Å². The standard InChI is InChI=1S/C12H13Cl2N3S/c1-2-15-7-12-17-16-11(18-12)6-8-3-4-9(13)10(14)5-8/h3-5,15H,2,6-7H2,1H3. The molecule has 1 heterocycles. The van der Waals surface area contributed by atoms with Gasteiger partial charge in [-0.15, -0.1) is 10.2 Å². The highest BCUT2D eigenvalue weighted by molar-refractivity contribution is 7.11. The molecule has 1 aromatic heterocycles. The number of aromatic nitrogens is 2. The Hall–Kier alpha value is -0.680. The quantitative estimate of drug-likeness (QED) is 0.918. The minimum atomic E-state index is 0.575. The van der Waals surface area contributed by atoms with E-state index < -0.39 is 0 Å². The molecule has 18 heavy (non-hydrogen) atoms. The highest BCUT2D eigenvalue weighted by atomic mass is 35.5. The molecule has 2 aromatic rings. The third kappa shape index (κ3) is 3.65. The molecule has 0 fully saturated rings. The van der Waals surface area contributed by atoms with Gasteiger partial charge in [0.15, 0.2) is 0 Å². The maximum atomic E-state index is 5.98. The van der Waals surface area contributed by atoms with E-state index in [0.29, 0.717) is 10.0 Å². The van der Waals surface area contributed by atoms with E-state index in [9.17, 15) is 0 Å². The second kappa shape index (κ2) is 6.48. The summed E-state index contributed by atoms with van der Waals surface area (Å²) in [5.74, 6) is 0. The Morgan fingerprint density at radius 1 is 1.17 bits per heavy atom. The summed E-state index contributed by atoms with van der Waals surface area (Å²) in [5, 5.41) is 14.7. The van der Waals surface area contributed by atoms with Crippen LogP contribution in [-0.2, 0) is 13.0 Å². The molecule has 0 radical (unpaired) electrons. The summed E-state index contributed by atoms with van der Waals surface area (Å²) in [6, 6.07) is 5.63. The van der Waals surface area contributed by atoms with E-state index in [1.54, 1.807) is 17.4 Å². The van der Waals surface area contributed by atoms with Crippen molar-refractivity contribution in [2.45, 2.75) is 19.9 Å². The molecular formula is C12H13Cl2N3S. The van der Waals surface area contributed by atoms with Crippen LogP contribution in [0.3, 0.4) is 0 Å². The van der Waals surface area contributed by atoms with E-state index in [-0.39, 0.29) is 0 Å². The highest BCUT2D eigenvalue weighted by Crippen LogP contribution is 2.24. The zero-order valence-electron chi connectivity index (χ0n) is 9.91. The lowest BCUT2D eigenvalue weighted by Gasteiger charge is -2.00. The van der Waals surface area contributed by atoms with Crippen molar-refractivity contribution >= 4 is 34.5 Å². The fourth-order valence-electron chi connectivity index (χ4n) is 1.49. The van der Waals surface area contributed by atoms with Crippen molar-refractivity contribution in [3.63, 3.8) is 0 Å². The lowest BCUT2D eigenvalue weighted by Crippen LogP contribution is -2.11. The lowest BCUT2D eigenvalue weighted by molar-refractivity contribution is 0.714. The molecule has 1 aromatic carbocycles. The van der Waals surface area contributed by atoms with E-state index in [0.717, 1.165) is 35.1 Å². The lowest BCUT2D eigenvalue weighted by atomic mass is 10.2. The van der Waals surface area contributed by atoms with Crippen molar-refractivity contribution < 1.29 is 0 Å². The topological polar surface area (TPSA) is 37.8 Å². The second-order valence-corrected chi connectivity index (χ2v) is 5.76. The minimum absolute atomic E-state index is 0.575. The van der Waals surface area contributed by atoms with Crippen LogP contribution in [0, 0.1) is 0 Å². The van der Waals surface area contributed by atoms with Gasteiger partial charge in [-0.3, -0.25) is 0 Å². The SMILES string of the molecule is CCNCc1nnc(Cc2ccc(Cl)c(Cl)c2)s1. The van der Waals surface area contributed by atoms with Gasteiger partial charge in [0, 0.05) is 13.0 Å². The highest BCUT2D eigenvalue weighted by Gasteiger charge is 2.06. The smallest absolute Gasteiger partial charge is 0.131 e. The molecule has 0 aliphatic rings. The number of nitrogens with one attached hydrogen (secondary N) is 1. The third-order valence-electron chi connectivity index (χ3n) is 2.37. The van der Waals surface area contributed by atoms with E-state index in [1.165, 1.54) is 0 Å². The summed E-state index contributed by atoms with van der Waals surface area (Å²) in [4.78, 5) is 0. The molecule has 2 rings (SSSR count). The van der Waals surface area contributed by atoms with Crippen LogP contribution in [0.5, 0.6) is 0 Å². The molecule has 96 valence electrons. The van der Waals surface area contributed by atoms with E-state index in [1.807, 2.05) is 12.1 Å². The first-order chi connectivity index (χ1) is 8.69. The molecule has 0 atom stereocenters. The molecule has 0 saturated heterocycles. The van der Waals surface area contributed by atoms with Crippen molar-refractivity contribution in [3.8, 4) is 0 Å². The average molecular weight is 302 g/mol. The molecule has 0 aliphatic carbocycles. The number of halogens is 2. The maximum Gasteiger partial charge on any atom is 0.131 e. The first-order valence-electron chi connectivity index (χ1n) is 5.65. The zero-order chi connectivity index (χ0) is 13.0. The van der Waals surface area contributed by atoms with Gasteiger partial charge < -0.3 is 5.32 Å². The summed E-state index contributed by atoms with van der Waals surface area (Å²) in [7, 11) is 0. The van der Waals surface area contributed by atoms with Crippen LogP contribution in [0.2, 0.25) is 10.0 Å². The average Bonchev–Trinajstić information content (AvgIpc) is 2.79. The Morgan fingerprint density at radius 3 is 2.67 bits per heavy atom. The van der Waals surface area contributed by atoms with Gasteiger partial charge in [-0.05, 0) is 24.2 Å². The number of benzene rings is 1.